The zero-order valence-electron chi connectivity index (χ0n) is 19.7. The minimum absolute atomic E-state index is 0.00414. The number of aliphatic carboxylic acids is 1. The highest BCUT2D eigenvalue weighted by atomic mass is 16.5. The highest BCUT2D eigenvalue weighted by Gasteiger charge is 2.58. The normalized spacial score (nSPS) is 25.8. The average Bonchev–Trinajstić information content (AvgIpc) is 3.49. The van der Waals surface area contributed by atoms with Crippen LogP contribution < -0.4 is 5.32 Å². The Morgan fingerprint density at radius 1 is 0.971 bits per heavy atom. The van der Waals surface area contributed by atoms with Gasteiger partial charge in [-0.25, -0.2) is 4.79 Å². The molecule has 3 aliphatic carbocycles. The minimum atomic E-state index is -0.985. The summed E-state index contributed by atoms with van der Waals surface area (Å²) in [5.41, 5.74) is 2.78. The van der Waals surface area contributed by atoms with E-state index in [0.717, 1.165) is 41.5 Å². The number of carbonyl (C=O) groups excluding carboxylic acids is 2. The summed E-state index contributed by atoms with van der Waals surface area (Å²) >= 11 is 0. The maximum absolute atomic E-state index is 13.5. The quantitative estimate of drug-likeness (QED) is 0.678. The summed E-state index contributed by atoms with van der Waals surface area (Å²) in [6, 6.07) is 16.3. The molecule has 0 aromatic heterocycles. The molecule has 7 nitrogen and oxygen atoms in total. The molecule has 35 heavy (non-hydrogen) atoms. The lowest BCUT2D eigenvalue weighted by atomic mass is 9.75. The zero-order valence-corrected chi connectivity index (χ0v) is 19.7. The molecule has 0 radical (unpaired) electrons. The van der Waals surface area contributed by atoms with E-state index >= 15 is 0 Å². The van der Waals surface area contributed by atoms with Gasteiger partial charge >= 0.3 is 12.1 Å². The first-order valence-electron chi connectivity index (χ1n) is 12.6. The Morgan fingerprint density at radius 3 is 2.20 bits per heavy atom. The van der Waals surface area contributed by atoms with Gasteiger partial charge < -0.3 is 20.1 Å². The molecule has 1 saturated heterocycles. The summed E-state index contributed by atoms with van der Waals surface area (Å²) in [6.45, 7) is 0.886. The van der Waals surface area contributed by atoms with Crippen molar-refractivity contribution in [2.45, 2.75) is 50.0 Å². The molecule has 0 spiro atoms. The molecule has 2 saturated carbocycles. The van der Waals surface area contributed by atoms with Crippen molar-refractivity contribution < 1.29 is 24.2 Å². The zero-order chi connectivity index (χ0) is 24.2. The van der Waals surface area contributed by atoms with Gasteiger partial charge in [-0.2, -0.15) is 0 Å². The fourth-order valence-corrected chi connectivity index (χ4v) is 6.85. The van der Waals surface area contributed by atoms with Gasteiger partial charge in [0.2, 0.25) is 5.91 Å². The van der Waals surface area contributed by atoms with Crippen LogP contribution in [-0.4, -0.2) is 53.2 Å². The number of hydrogen-bond acceptors (Lipinski definition) is 4. The monoisotopic (exact) mass is 474 g/mol. The number of carbonyl (C=O) groups is 3. The van der Waals surface area contributed by atoms with E-state index in [-0.39, 0.29) is 30.9 Å². The van der Waals surface area contributed by atoms with Gasteiger partial charge in [-0.1, -0.05) is 55.0 Å². The molecule has 7 heteroatoms. The standard InChI is InChI=1S/C28H30N2O5/c31-24(30-15-18-7-5-12-27(18,17-30)25(32)33)28(13-6-14-28)29-26(34)35-16-23-21-10-3-1-8-19(21)20-9-2-4-11-22(20)23/h1-4,8-11,18,23H,5-7,12-17H2,(H,29,34)(H,32,33). The highest BCUT2D eigenvalue weighted by Crippen LogP contribution is 2.50. The van der Waals surface area contributed by atoms with E-state index in [0.29, 0.717) is 25.8 Å². The Kier molecular flexibility index (Phi) is 5.13. The lowest BCUT2D eigenvalue weighted by Gasteiger charge is -2.43. The number of ether oxygens (including phenoxy) is 1. The molecular weight excluding hydrogens is 444 g/mol. The van der Waals surface area contributed by atoms with Crippen LogP contribution in [0.3, 0.4) is 0 Å². The van der Waals surface area contributed by atoms with E-state index in [1.54, 1.807) is 4.90 Å². The number of nitrogens with zero attached hydrogens (tertiary/aromatic N) is 1. The molecule has 2 aromatic rings. The second kappa shape index (κ2) is 8.11. The van der Waals surface area contributed by atoms with Gasteiger partial charge in [-0.05, 0) is 60.3 Å². The van der Waals surface area contributed by atoms with Gasteiger partial charge in [0.25, 0.3) is 0 Å². The summed E-state index contributed by atoms with van der Waals surface area (Å²) in [5, 5.41) is 12.8. The van der Waals surface area contributed by atoms with Crippen LogP contribution in [0.2, 0.25) is 0 Å². The lowest BCUT2D eigenvalue weighted by molar-refractivity contribution is -0.150. The van der Waals surface area contributed by atoms with Crippen molar-refractivity contribution in [2.75, 3.05) is 19.7 Å². The smallest absolute Gasteiger partial charge is 0.408 e. The van der Waals surface area contributed by atoms with E-state index in [1.165, 1.54) is 0 Å². The van der Waals surface area contributed by atoms with Crippen molar-refractivity contribution in [3.8, 4) is 11.1 Å². The van der Waals surface area contributed by atoms with Gasteiger partial charge in [0.1, 0.15) is 12.1 Å². The Hall–Kier alpha value is -3.35. The first-order chi connectivity index (χ1) is 16.9. The van der Waals surface area contributed by atoms with Gasteiger partial charge in [0.15, 0.2) is 0 Å². The van der Waals surface area contributed by atoms with Crippen LogP contribution >= 0.6 is 0 Å². The molecule has 1 heterocycles. The summed E-state index contributed by atoms with van der Waals surface area (Å²) < 4.78 is 5.70. The second-order valence-electron chi connectivity index (χ2n) is 10.6. The Bertz CT molecular complexity index is 1160. The number of carboxylic acids is 1. The van der Waals surface area contributed by atoms with E-state index < -0.39 is 23.0 Å². The SMILES string of the molecule is O=C(NC1(C(=O)N2CC3CCCC3(C(=O)O)C2)CCC1)OCC1c2ccccc2-c2ccccc21. The highest BCUT2D eigenvalue weighted by molar-refractivity contribution is 5.92. The molecular formula is C28H30N2O5. The van der Waals surface area contributed by atoms with Gasteiger partial charge in [0.05, 0.1) is 5.41 Å². The summed E-state index contributed by atoms with van der Waals surface area (Å²) in [7, 11) is 0. The van der Waals surface area contributed by atoms with Crippen LogP contribution in [0, 0.1) is 11.3 Å². The maximum Gasteiger partial charge on any atom is 0.408 e. The van der Waals surface area contributed by atoms with E-state index in [1.807, 2.05) is 24.3 Å². The predicted molar refractivity (Wildman–Crippen MR) is 129 cm³/mol. The first kappa shape index (κ1) is 22.1. The van der Waals surface area contributed by atoms with Crippen LogP contribution in [-0.2, 0) is 14.3 Å². The molecule has 6 rings (SSSR count). The molecule has 3 fully saturated rings. The molecule has 2 N–H and O–H groups in total. The van der Waals surface area contributed by atoms with Crippen molar-refractivity contribution in [3.63, 3.8) is 0 Å². The third-order valence-electron chi connectivity index (χ3n) is 8.89. The van der Waals surface area contributed by atoms with Gasteiger partial charge in [-0.15, -0.1) is 0 Å². The molecule has 2 aromatic carbocycles. The number of hydrogen-bond donors (Lipinski definition) is 2. The number of fused-ring (bicyclic) bond motifs is 4. The second-order valence-corrected chi connectivity index (χ2v) is 10.6. The van der Waals surface area contributed by atoms with Crippen molar-refractivity contribution in [1.82, 2.24) is 10.2 Å². The molecule has 2 unspecified atom stereocenters. The number of carboxylic acid groups (broad SMARTS) is 1. The van der Waals surface area contributed by atoms with Gasteiger partial charge in [-0.3, -0.25) is 9.59 Å². The van der Waals surface area contributed by atoms with Gasteiger partial charge in [0, 0.05) is 19.0 Å². The number of alkyl carbamates (subject to hydrolysis) is 1. The molecule has 4 aliphatic rings. The maximum atomic E-state index is 13.5. The number of likely N-dealkylation sites (tertiary alicyclic amines) is 1. The Morgan fingerprint density at radius 2 is 1.63 bits per heavy atom. The summed E-state index contributed by atoms with van der Waals surface area (Å²) in [4.78, 5) is 40.2. The van der Waals surface area contributed by atoms with E-state index in [2.05, 4.69) is 29.6 Å². The molecule has 1 aliphatic heterocycles. The van der Waals surface area contributed by atoms with Crippen LogP contribution in [0.5, 0.6) is 0 Å². The van der Waals surface area contributed by atoms with Crippen molar-refractivity contribution in [2.24, 2.45) is 11.3 Å². The fourth-order valence-electron chi connectivity index (χ4n) is 6.85. The number of rotatable bonds is 5. The van der Waals surface area contributed by atoms with Crippen LogP contribution in [0.4, 0.5) is 4.79 Å². The number of benzene rings is 2. The average molecular weight is 475 g/mol. The summed E-state index contributed by atoms with van der Waals surface area (Å²) in [5.74, 6) is -1.01. The Labute approximate surface area is 204 Å². The summed E-state index contributed by atoms with van der Waals surface area (Å²) in [6.07, 6.45) is 3.70. The lowest BCUT2D eigenvalue weighted by Crippen LogP contribution is -2.63. The van der Waals surface area contributed by atoms with Crippen LogP contribution in [0.15, 0.2) is 48.5 Å². The molecule has 2 amide bonds. The van der Waals surface area contributed by atoms with Crippen molar-refractivity contribution in [1.29, 1.82) is 0 Å². The van der Waals surface area contributed by atoms with E-state index in [9.17, 15) is 19.5 Å². The van der Waals surface area contributed by atoms with Crippen LogP contribution in [0.25, 0.3) is 11.1 Å². The molecule has 182 valence electrons. The third kappa shape index (κ3) is 3.35. The van der Waals surface area contributed by atoms with E-state index in [4.69, 9.17) is 4.74 Å². The number of amides is 2. The largest absolute Gasteiger partial charge is 0.481 e. The predicted octanol–water partition coefficient (Wildman–Crippen LogP) is 4.16. The topological polar surface area (TPSA) is 95.9 Å². The molecule has 2 atom stereocenters. The van der Waals surface area contributed by atoms with Crippen molar-refractivity contribution >= 4 is 18.0 Å². The van der Waals surface area contributed by atoms with Crippen LogP contribution in [0.1, 0.15) is 55.6 Å². The first-order valence-corrected chi connectivity index (χ1v) is 12.6. The molecule has 0 bridgehead atoms. The minimum Gasteiger partial charge on any atom is -0.481 e. The fraction of sp³-hybridized carbons (Fsp3) is 0.464. The van der Waals surface area contributed by atoms with Crippen molar-refractivity contribution in [3.05, 3.63) is 59.7 Å². The Balaban J connectivity index is 1.14. The third-order valence-corrected chi connectivity index (χ3v) is 8.89. The number of nitrogens with one attached hydrogen (secondary N) is 1.